The Morgan fingerprint density at radius 3 is 2.61 bits per heavy atom. The second kappa shape index (κ2) is 12.6. The summed E-state index contributed by atoms with van der Waals surface area (Å²) in [4.78, 5) is 9.67. The number of rotatable bonds is 10. The Balaban J connectivity index is 1.66. The van der Waals surface area contributed by atoms with E-state index in [1.165, 1.54) is 39.1 Å². The van der Waals surface area contributed by atoms with Crippen LogP contribution in [-0.4, -0.2) is 81.3 Å². The second-order valence-corrected chi connectivity index (χ2v) is 7.69. The van der Waals surface area contributed by atoms with Crippen LogP contribution in [0.25, 0.3) is 0 Å². The van der Waals surface area contributed by atoms with Gasteiger partial charge in [0.15, 0.2) is 5.96 Å². The van der Waals surface area contributed by atoms with Crippen LogP contribution >= 0.6 is 0 Å². The van der Waals surface area contributed by atoms with E-state index in [4.69, 9.17) is 4.74 Å². The summed E-state index contributed by atoms with van der Waals surface area (Å²) in [6.45, 7) is 14.7. The molecule has 1 atom stereocenters. The van der Waals surface area contributed by atoms with Crippen molar-refractivity contribution in [1.82, 2.24) is 20.4 Å². The van der Waals surface area contributed by atoms with E-state index in [0.717, 1.165) is 36.8 Å². The maximum absolute atomic E-state index is 6.02. The molecule has 1 fully saturated rings. The summed E-state index contributed by atoms with van der Waals surface area (Å²) in [6, 6.07) is 8.12. The van der Waals surface area contributed by atoms with Gasteiger partial charge >= 0.3 is 0 Å². The van der Waals surface area contributed by atoms with E-state index < -0.39 is 0 Å². The molecule has 1 heterocycles. The molecule has 1 unspecified atom stereocenters. The highest BCUT2D eigenvalue weighted by molar-refractivity contribution is 5.79. The minimum Gasteiger partial charge on any atom is -0.489 e. The molecule has 1 aliphatic rings. The first-order chi connectivity index (χ1) is 13.6. The molecule has 28 heavy (non-hydrogen) atoms. The van der Waals surface area contributed by atoms with Gasteiger partial charge in [-0.15, -0.1) is 0 Å². The van der Waals surface area contributed by atoms with E-state index >= 15 is 0 Å². The zero-order chi connectivity index (χ0) is 20.2. The molecule has 0 bridgehead atoms. The summed E-state index contributed by atoms with van der Waals surface area (Å²) in [5, 5.41) is 6.78. The second-order valence-electron chi connectivity index (χ2n) is 7.69. The smallest absolute Gasteiger partial charge is 0.191 e. The van der Waals surface area contributed by atoms with Crippen LogP contribution in [0.1, 0.15) is 32.3 Å². The van der Waals surface area contributed by atoms with Crippen molar-refractivity contribution in [3.63, 3.8) is 0 Å². The van der Waals surface area contributed by atoms with Gasteiger partial charge in [-0.1, -0.05) is 18.2 Å². The summed E-state index contributed by atoms with van der Waals surface area (Å²) < 4.78 is 6.02. The molecule has 2 N–H and O–H groups in total. The largest absolute Gasteiger partial charge is 0.489 e. The van der Waals surface area contributed by atoms with Gasteiger partial charge in [0.2, 0.25) is 0 Å². The van der Waals surface area contributed by atoms with Crippen molar-refractivity contribution in [2.24, 2.45) is 4.99 Å². The number of piperazine rings is 1. The zero-order valence-electron chi connectivity index (χ0n) is 18.2. The van der Waals surface area contributed by atoms with Gasteiger partial charge in [-0.2, -0.15) is 0 Å². The Morgan fingerprint density at radius 1 is 1.14 bits per heavy atom. The third kappa shape index (κ3) is 8.48. The minimum atomic E-state index is 0.0359. The molecule has 0 aliphatic carbocycles. The third-order valence-electron chi connectivity index (χ3n) is 5.06. The SMILES string of the molecule is CCNC(=NCC(C)Oc1ccccc1C)NCCCCN1CCN(C)CC1. The molecule has 0 aromatic heterocycles. The molecule has 0 radical (unpaired) electrons. The number of hydrogen-bond acceptors (Lipinski definition) is 4. The molecule has 1 aromatic carbocycles. The van der Waals surface area contributed by atoms with Crippen molar-refractivity contribution in [2.75, 3.05) is 59.4 Å². The Kier molecular flexibility index (Phi) is 10.1. The first-order valence-electron chi connectivity index (χ1n) is 10.7. The average Bonchev–Trinajstić information content (AvgIpc) is 2.69. The summed E-state index contributed by atoms with van der Waals surface area (Å²) in [5.41, 5.74) is 1.16. The van der Waals surface area contributed by atoms with E-state index in [0.29, 0.717) is 6.54 Å². The molecular weight excluding hydrogens is 350 g/mol. The van der Waals surface area contributed by atoms with E-state index in [1.807, 2.05) is 18.2 Å². The summed E-state index contributed by atoms with van der Waals surface area (Å²) in [7, 11) is 2.20. The van der Waals surface area contributed by atoms with Crippen LogP contribution in [0.5, 0.6) is 5.75 Å². The van der Waals surface area contributed by atoms with E-state index in [2.05, 4.69) is 59.3 Å². The predicted molar refractivity (Wildman–Crippen MR) is 118 cm³/mol. The number of aryl methyl sites for hydroxylation is 1. The van der Waals surface area contributed by atoms with Gasteiger partial charge in [-0.3, -0.25) is 0 Å². The molecule has 0 amide bonds. The molecule has 1 saturated heterocycles. The van der Waals surface area contributed by atoms with Crippen LogP contribution in [0.2, 0.25) is 0 Å². The molecule has 0 spiro atoms. The number of ether oxygens (including phenoxy) is 1. The minimum absolute atomic E-state index is 0.0359. The van der Waals surface area contributed by atoms with Crippen molar-refractivity contribution in [2.45, 2.75) is 39.7 Å². The lowest BCUT2D eigenvalue weighted by Gasteiger charge is -2.32. The summed E-state index contributed by atoms with van der Waals surface area (Å²) in [5.74, 6) is 1.81. The number of unbranched alkanes of at least 4 members (excludes halogenated alkanes) is 1. The maximum Gasteiger partial charge on any atom is 0.191 e. The highest BCUT2D eigenvalue weighted by Crippen LogP contribution is 2.17. The molecule has 1 aliphatic heterocycles. The van der Waals surface area contributed by atoms with Crippen molar-refractivity contribution >= 4 is 5.96 Å². The monoisotopic (exact) mass is 389 g/mol. The third-order valence-corrected chi connectivity index (χ3v) is 5.06. The van der Waals surface area contributed by atoms with Crippen LogP contribution < -0.4 is 15.4 Å². The van der Waals surface area contributed by atoms with Gasteiger partial charge in [0.05, 0.1) is 6.54 Å². The van der Waals surface area contributed by atoms with Crippen molar-refractivity contribution in [3.05, 3.63) is 29.8 Å². The molecule has 6 nitrogen and oxygen atoms in total. The van der Waals surface area contributed by atoms with Crippen LogP contribution in [0.15, 0.2) is 29.3 Å². The van der Waals surface area contributed by atoms with E-state index in [1.54, 1.807) is 0 Å². The van der Waals surface area contributed by atoms with Gasteiger partial charge < -0.3 is 25.2 Å². The highest BCUT2D eigenvalue weighted by atomic mass is 16.5. The van der Waals surface area contributed by atoms with Gasteiger partial charge in [0, 0.05) is 39.3 Å². The first kappa shape index (κ1) is 22.5. The van der Waals surface area contributed by atoms with E-state index in [-0.39, 0.29) is 6.10 Å². The standard InChI is InChI=1S/C22H39N5O/c1-5-23-22(24-12-8-9-13-27-16-14-26(4)15-17-27)25-18-20(3)28-21-11-7-6-10-19(21)2/h6-7,10-11,20H,5,8-9,12-18H2,1-4H3,(H2,23,24,25). The zero-order valence-corrected chi connectivity index (χ0v) is 18.2. The number of aliphatic imine (C=N–C) groups is 1. The maximum atomic E-state index is 6.02. The van der Waals surface area contributed by atoms with Crippen molar-refractivity contribution < 1.29 is 4.74 Å². The number of guanidine groups is 1. The quantitative estimate of drug-likeness (QED) is 0.365. The molecule has 1 aromatic rings. The van der Waals surface area contributed by atoms with Crippen LogP contribution in [0, 0.1) is 6.92 Å². The van der Waals surface area contributed by atoms with Gasteiger partial charge in [0.25, 0.3) is 0 Å². The predicted octanol–water partition coefficient (Wildman–Crippen LogP) is 2.35. The normalized spacial score (nSPS) is 17.4. The Labute approximate surface area is 171 Å². The van der Waals surface area contributed by atoms with Gasteiger partial charge in [0.1, 0.15) is 11.9 Å². The topological polar surface area (TPSA) is 52.1 Å². The van der Waals surface area contributed by atoms with E-state index in [9.17, 15) is 0 Å². The van der Waals surface area contributed by atoms with Crippen LogP contribution in [-0.2, 0) is 0 Å². The van der Waals surface area contributed by atoms with Crippen LogP contribution in [0.4, 0.5) is 0 Å². The number of nitrogens with one attached hydrogen (secondary N) is 2. The Bertz CT molecular complexity index is 584. The molecular formula is C22H39N5O. The van der Waals surface area contributed by atoms with Crippen LogP contribution in [0.3, 0.4) is 0 Å². The lowest BCUT2D eigenvalue weighted by molar-refractivity contribution is 0.152. The number of hydrogen-bond donors (Lipinski definition) is 2. The number of benzene rings is 1. The lowest BCUT2D eigenvalue weighted by atomic mass is 10.2. The van der Waals surface area contributed by atoms with Crippen molar-refractivity contribution in [1.29, 1.82) is 0 Å². The highest BCUT2D eigenvalue weighted by Gasteiger charge is 2.12. The number of likely N-dealkylation sites (N-methyl/N-ethyl adjacent to an activating group) is 1. The number of para-hydroxylation sites is 1. The lowest BCUT2D eigenvalue weighted by Crippen LogP contribution is -2.44. The fourth-order valence-electron chi connectivity index (χ4n) is 3.24. The summed E-state index contributed by atoms with van der Waals surface area (Å²) >= 11 is 0. The Hall–Kier alpha value is -1.79. The fourth-order valence-corrected chi connectivity index (χ4v) is 3.24. The molecule has 2 rings (SSSR count). The molecule has 158 valence electrons. The Morgan fingerprint density at radius 2 is 1.89 bits per heavy atom. The first-order valence-corrected chi connectivity index (χ1v) is 10.7. The fraction of sp³-hybridized carbons (Fsp3) is 0.682. The summed E-state index contributed by atoms with van der Waals surface area (Å²) in [6.07, 6.45) is 2.42. The number of nitrogens with zero attached hydrogens (tertiary/aromatic N) is 3. The average molecular weight is 390 g/mol. The molecule has 0 saturated carbocycles. The van der Waals surface area contributed by atoms with Gasteiger partial charge in [-0.25, -0.2) is 4.99 Å². The van der Waals surface area contributed by atoms with Crippen molar-refractivity contribution in [3.8, 4) is 5.75 Å². The van der Waals surface area contributed by atoms with Gasteiger partial charge in [-0.05, 0) is 58.8 Å². The molecule has 6 heteroatoms.